The minimum Gasteiger partial charge on any atom is -0.493 e. The van der Waals surface area contributed by atoms with Crippen LogP contribution in [0, 0.1) is 6.92 Å². The lowest BCUT2D eigenvalue weighted by Gasteiger charge is -2.10. The first kappa shape index (κ1) is 21.2. The molecule has 0 aliphatic carbocycles. The minimum atomic E-state index is -0.737. The molecule has 0 aromatic heterocycles. The molecular formula is C20H21ClN2O5. The number of esters is 1. The van der Waals surface area contributed by atoms with Gasteiger partial charge in [0.05, 0.1) is 12.2 Å². The fourth-order valence-corrected chi connectivity index (χ4v) is 2.43. The van der Waals surface area contributed by atoms with Crippen molar-refractivity contribution in [2.75, 3.05) is 25.1 Å². The van der Waals surface area contributed by atoms with Crippen molar-refractivity contribution in [3.05, 3.63) is 58.6 Å². The molecule has 148 valence electrons. The van der Waals surface area contributed by atoms with Crippen LogP contribution < -0.4 is 15.4 Å². The standard InChI is InChI=1S/C20H21ClN2O5/c1-3-27-17-7-5-4-6-15(17)20(26)22-11-19(25)28-12-18(24)23-14-9-8-13(2)16(21)10-14/h4-10H,3,11-12H2,1-2H3,(H,22,26)(H,23,24). The third-order valence-electron chi connectivity index (χ3n) is 3.64. The quantitative estimate of drug-likeness (QED) is 0.660. The number of ether oxygens (including phenoxy) is 2. The lowest BCUT2D eigenvalue weighted by atomic mass is 10.2. The molecule has 0 spiro atoms. The summed E-state index contributed by atoms with van der Waals surface area (Å²) in [5, 5.41) is 5.53. The molecule has 2 N–H and O–H groups in total. The highest BCUT2D eigenvalue weighted by Gasteiger charge is 2.14. The molecule has 0 bridgehead atoms. The van der Waals surface area contributed by atoms with Gasteiger partial charge in [-0.1, -0.05) is 29.8 Å². The van der Waals surface area contributed by atoms with Gasteiger partial charge < -0.3 is 20.1 Å². The predicted octanol–water partition coefficient (Wildman–Crippen LogP) is 2.96. The Morgan fingerprint density at radius 2 is 1.86 bits per heavy atom. The van der Waals surface area contributed by atoms with Crippen LogP contribution in [-0.2, 0) is 14.3 Å². The molecule has 8 heteroatoms. The number of rotatable bonds is 8. The average molecular weight is 405 g/mol. The Kier molecular flexibility index (Phi) is 7.83. The topological polar surface area (TPSA) is 93.7 Å². The molecule has 2 rings (SSSR count). The minimum absolute atomic E-state index is 0.311. The number of hydrogen-bond donors (Lipinski definition) is 2. The number of carbonyl (C=O) groups excluding carboxylic acids is 3. The number of carbonyl (C=O) groups is 3. The van der Waals surface area contributed by atoms with Gasteiger partial charge in [0, 0.05) is 10.7 Å². The third kappa shape index (κ3) is 6.28. The number of anilines is 1. The molecule has 0 radical (unpaired) electrons. The summed E-state index contributed by atoms with van der Waals surface area (Å²) in [5.74, 6) is -1.30. The van der Waals surface area contributed by atoms with Gasteiger partial charge in [-0.3, -0.25) is 14.4 Å². The van der Waals surface area contributed by atoms with Gasteiger partial charge in [0.25, 0.3) is 11.8 Å². The van der Waals surface area contributed by atoms with E-state index in [0.29, 0.717) is 28.6 Å². The van der Waals surface area contributed by atoms with Gasteiger partial charge >= 0.3 is 5.97 Å². The maximum absolute atomic E-state index is 12.2. The Hall–Kier alpha value is -3.06. The largest absolute Gasteiger partial charge is 0.493 e. The molecule has 2 amide bonds. The van der Waals surface area contributed by atoms with E-state index in [-0.39, 0.29) is 6.54 Å². The normalized spacial score (nSPS) is 10.1. The fourth-order valence-electron chi connectivity index (χ4n) is 2.25. The van der Waals surface area contributed by atoms with Crippen molar-refractivity contribution in [2.24, 2.45) is 0 Å². The molecular weight excluding hydrogens is 384 g/mol. The Bertz CT molecular complexity index is 869. The van der Waals surface area contributed by atoms with Crippen LogP contribution >= 0.6 is 11.6 Å². The van der Waals surface area contributed by atoms with Crippen LogP contribution in [0.1, 0.15) is 22.8 Å². The first-order chi connectivity index (χ1) is 13.4. The lowest BCUT2D eigenvalue weighted by Crippen LogP contribution is -2.32. The Balaban J connectivity index is 1.78. The molecule has 0 unspecified atom stereocenters. The van der Waals surface area contributed by atoms with Gasteiger partial charge in [0.1, 0.15) is 12.3 Å². The van der Waals surface area contributed by atoms with Crippen molar-refractivity contribution in [3.63, 3.8) is 0 Å². The maximum atomic E-state index is 12.2. The first-order valence-electron chi connectivity index (χ1n) is 8.62. The summed E-state index contributed by atoms with van der Waals surface area (Å²) in [6.45, 7) is 3.21. The maximum Gasteiger partial charge on any atom is 0.325 e. The number of para-hydroxylation sites is 1. The molecule has 2 aromatic carbocycles. The van der Waals surface area contributed by atoms with Crippen LogP contribution in [0.5, 0.6) is 5.75 Å². The van der Waals surface area contributed by atoms with Crippen molar-refractivity contribution in [3.8, 4) is 5.75 Å². The zero-order chi connectivity index (χ0) is 20.5. The number of amides is 2. The zero-order valence-electron chi connectivity index (χ0n) is 15.6. The summed E-state index contributed by atoms with van der Waals surface area (Å²) in [4.78, 5) is 35.8. The Morgan fingerprint density at radius 3 is 2.57 bits per heavy atom. The van der Waals surface area contributed by atoms with Gasteiger partial charge in [-0.2, -0.15) is 0 Å². The zero-order valence-corrected chi connectivity index (χ0v) is 16.3. The highest BCUT2D eigenvalue weighted by Crippen LogP contribution is 2.20. The second kappa shape index (κ2) is 10.3. The van der Waals surface area contributed by atoms with Crippen LogP contribution in [0.4, 0.5) is 5.69 Å². The van der Waals surface area contributed by atoms with Gasteiger partial charge in [-0.15, -0.1) is 0 Å². The molecule has 0 aliphatic rings. The number of nitrogens with one attached hydrogen (secondary N) is 2. The third-order valence-corrected chi connectivity index (χ3v) is 4.05. The average Bonchev–Trinajstić information content (AvgIpc) is 2.68. The molecule has 0 aliphatic heterocycles. The second-order valence-electron chi connectivity index (χ2n) is 5.78. The number of aryl methyl sites for hydroxylation is 1. The van der Waals surface area contributed by atoms with E-state index in [2.05, 4.69) is 10.6 Å². The van der Waals surface area contributed by atoms with Crippen molar-refractivity contribution in [1.29, 1.82) is 0 Å². The van der Waals surface area contributed by atoms with Crippen LogP contribution in [0.2, 0.25) is 5.02 Å². The molecule has 0 saturated heterocycles. The first-order valence-corrected chi connectivity index (χ1v) is 9.00. The summed E-state index contributed by atoms with van der Waals surface area (Å²) in [5.41, 5.74) is 1.69. The summed E-state index contributed by atoms with van der Waals surface area (Å²) in [7, 11) is 0. The van der Waals surface area contributed by atoms with Crippen molar-refractivity contribution >= 4 is 35.1 Å². The number of halogens is 1. The Labute approximate surface area is 168 Å². The highest BCUT2D eigenvalue weighted by atomic mass is 35.5. The van der Waals surface area contributed by atoms with E-state index in [1.54, 1.807) is 42.5 Å². The summed E-state index contributed by atoms with van der Waals surface area (Å²) >= 11 is 5.99. The molecule has 7 nitrogen and oxygen atoms in total. The molecule has 0 heterocycles. The van der Waals surface area contributed by atoms with Gasteiger partial charge in [-0.25, -0.2) is 0 Å². The fraction of sp³-hybridized carbons (Fsp3) is 0.250. The van der Waals surface area contributed by atoms with Crippen molar-refractivity contribution < 1.29 is 23.9 Å². The molecule has 0 fully saturated rings. The second-order valence-corrected chi connectivity index (χ2v) is 6.19. The van der Waals surface area contributed by atoms with Gasteiger partial charge in [-0.05, 0) is 43.7 Å². The van der Waals surface area contributed by atoms with Crippen molar-refractivity contribution in [1.82, 2.24) is 5.32 Å². The summed E-state index contributed by atoms with van der Waals surface area (Å²) in [6.07, 6.45) is 0. The summed E-state index contributed by atoms with van der Waals surface area (Å²) in [6, 6.07) is 11.8. The summed E-state index contributed by atoms with van der Waals surface area (Å²) < 4.78 is 10.2. The van der Waals surface area contributed by atoms with Crippen molar-refractivity contribution in [2.45, 2.75) is 13.8 Å². The molecule has 28 heavy (non-hydrogen) atoms. The predicted molar refractivity (Wildman–Crippen MR) is 106 cm³/mol. The molecule has 0 atom stereocenters. The van der Waals surface area contributed by atoms with E-state index in [9.17, 15) is 14.4 Å². The highest BCUT2D eigenvalue weighted by molar-refractivity contribution is 6.31. The number of benzene rings is 2. The van der Waals surface area contributed by atoms with E-state index >= 15 is 0 Å². The van der Waals surface area contributed by atoms with Gasteiger partial charge in [0.2, 0.25) is 0 Å². The van der Waals surface area contributed by atoms with Crippen LogP contribution in [0.25, 0.3) is 0 Å². The lowest BCUT2D eigenvalue weighted by molar-refractivity contribution is -0.146. The van der Waals surface area contributed by atoms with Crippen LogP contribution in [0.3, 0.4) is 0 Å². The van der Waals surface area contributed by atoms with Crippen LogP contribution in [0.15, 0.2) is 42.5 Å². The molecule has 0 saturated carbocycles. The van der Waals surface area contributed by atoms with Gasteiger partial charge in [0.15, 0.2) is 6.61 Å². The monoisotopic (exact) mass is 404 g/mol. The van der Waals surface area contributed by atoms with E-state index in [0.717, 1.165) is 5.56 Å². The van der Waals surface area contributed by atoms with E-state index in [1.165, 1.54) is 0 Å². The smallest absolute Gasteiger partial charge is 0.325 e. The van der Waals surface area contributed by atoms with E-state index < -0.39 is 24.4 Å². The molecule has 2 aromatic rings. The number of hydrogen-bond acceptors (Lipinski definition) is 5. The van der Waals surface area contributed by atoms with E-state index in [4.69, 9.17) is 21.1 Å². The van der Waals surface area contributed by atoms with E-state index in [1.807, 2.05) is 13.8 Å². The Morgan fingerprint density at radius 1 is 1.11 bits per heavy atom. The SMILES string of the molecule is CCOc1ccccc1C(=O)NCC(=O)OCC(=O)Nc1ccc(C)c(Cl)c1. The van der Waals surface area contributed by atoms with Crippen LogP contribution in [-0.4, -0.2) is 37.5 Å².